The van der Waals surface area contributed by atoms with Crippen LogP contribution >= 0.6 is 0 Å². The number of nitrogens with zero attached hydrogens (tertiary/aromatic N) is 1. The van der Waals surface area contributed by atoms with Gasteiger partial charge in [0.25, 0.3) is 5.91 Å². The Morgan fingerprint density at radius 1 is 1.15 bits per heavy atom. The van der Waals surface area contributed by atoms with E-state index in [9.17, 15) is 13.6 Å². The molecular weight excluding hydrogens is 342 g/mol. The number of halogens is 2. The number of rotatable bonds is 8. The highest BCUT2D eigenvalue weighted by Gasteiger charge is 2.22. The molecule has 0 spiro atoms. The van der Waals surface area contributed by atoms with Crippen LogP contribution in [0.3, 0.4) is 0 Å². The Morgan fingerprint density at radius 3 is 2.35 bits per heavy atom. The number of aromatic nitrogens is 1. The number of hydrogen-bond donors (Lipinski definition) is 1. The van der Waals surface area contributed by atoms with Crippen LogP contribution in [-0.4, -0.2) is 23.5 Å². The predicted octanol–water partition coefficient (Wildman–Crippen LogP) is 4.04. The summed E-state index contributed by atoms with van der Waals surface area (Å²) in [6.07, 6.45) is -1.66. The number of carbonyl (C=O) groups is 1. The largest absolute Gasteiger partial charge is 0.489 e. The summed E-state index contributed by atoms with van der Waals surface area (Å²) in [5.74, 6) is 0.722. The van der Waals surface area contributed by atoms with Crippen molar-refractivity contribution in [2.24, 2.45) is 5.92 Å². The van der Waals surface area contributed by atoms with Gasteiger partial charge in [-0.1, -0.05) is 19.9 Å². The van der Waals surface area contributed by atoms with Crippen LogP contribution in [0.15, 0.2) is 42.6 Å². The lowest BCUT2D eigenvalue weighted by molar-refractivity contribution is -0.158. The van der Waals surface area contributed by atoms with Crippen molar-refractivity contribution in [2.75, 3.05) is 6.54 Å². The average molecular weight is 364 g/mol. The predicted molar refractivity (Wildman–Crippen MR) is 93.4 cm³/mol. The highest BCUT2D eigenvalue weighted by molar-refractivity contribution is 5.92. The molecule has 2 rings (SSSR count). The molecule has 1 aromatic carbocycles. The maximum Gasteiger partial charge on any atom is 0.394 e. The van der Waals surface area contributed by atoms with Gasteiger partial charge in [-0.3, -0.25) is 9.78 Å². The fourth-order valence-electron chi connectivity index (χ4n) is 2.01. The molecule has 26 heavy (non-hydrogen) atoms. The third-order valence-corrected chi connectivity index (χ3v) is 3.25. The number of carbonyl (C=O) groups excluding carboxylic acids is 1. The number of pyridine rings is 1. The van der Waals surface area contributed by atoms with Gasteiger partial charge in [0, 0.05) is 25.2 Å². The summed E-state index contributed by atoms with van der Waals surface area (Å²) in [5.41, 5.74) is 1.13. The molecular formula is C19H22F2N2O3. The molecule has 1 N–H and O–H groups in total. The van der Waals surface area contributed by atoms with Crippen LogP contribution in [0.2, 0.25) is 0 Å². The van der Waals surface area contributed by atoms with Gasteiger partial charge in [-0.2, -0.15) is 8.78 Å². The Kier molecular flexibility index (Phi) is 6.49. The number of hydrogen-bond acceptors (Lipinski definition) is 4. The summed E-state index contributed by atoms with van der Waals surface area (Å²) in [5, 5.41) is 2.80. The molecule has 140 valence electrons. The molecule has 0 aliphatic carbocycles. The SMILES string of the molecule is CC(C)CNC(=O)c1ccc(COc2ccc(OC(C)(F)F)cc2)cn1. The molecule has 0 saturated heterocycles. The van der Waals surface area contributed by atoms with Crippen LogP contribution in [-0.2, 0) is 6.61 Å². The number of amides is 1. The van der Waals surface area contributed by atoms with Crippen molar-refractivity contribution in [1.82, 2.24) is 10.3 Å². The standard InChI is InChI=1S/C19H22F2N2O3/c1-13(2)10-23-18(24)17-9-4-14(11-22-17)12-25-15-5-7-16(8-6-15)26-19(3,20)21/h4-9,11,13H,10,12H2,1-3H3,(H,23,24). The van der Waals surface area contributed by atoms with Crippen LogP contribution in [0, 0.1) is 5.92 Å². The monoisotopic (exact) mass is 364 g/mol. The zero-order chi connectivity index (χ0) is 19.2. The van der Waals surface area contributed by atoms with Crippen molar-refractivity contribution in [3.05, 3.63) is 53.9 Å². The van der Waals surface area contributed by atoms with E-state index in [2.05, 4.69) is 15.0 Å². The maximum absolute atomic E-state index is 12.8. The van der Waals surface area contributed by atoms with E-state index in [1.165, 1.54) is 12.1 Å². The number of ether oxygens (including phenoxy) is 2. The second-order valence-corrected chi connectivity index (χ2v) is 6.33. The van der Waals surface area contributed by atoms with Gasteiger partial charge >= 0.3 is 6.11 Å². The fourth-order valence-corrected chi connectivity index (χ4v) is 2.01. The first kappa shape index (κ1) is 19.6. The lowest BCUT2D eigenvalue weighted by Gasteiger charge is -2.13. The topological polar surface area (TPSA) is 60.5 Å². The summed E-state index contributed by atoms with van der Waals surface area (Å²) in [6.45, 7) is 5.54. The number of alkyl halides is 2. The molecule has 1 amide bonds. The molecule has 0 saturated carbocycles. The highest BCUT2D eigenvalue weighted by Crippen LogP contribution is 2.23. The van der Waals surface area contributed by atoms with Gasteiger partial charge in [0.1, 0.15) is 23.8 Å². The lowest BCUT2D eigenvalue weighted by Crippen LogP contribution is -2.28. The molecule has 0 aliphatic rings. The van der Waals surface area contributed by atoms with E-state index in [-0.39, 0.29) is 18.3 Å². The van der Waals surface area contributed by atoms with Gasteiger partial charge in [0.15, 0.2) is 0 Å². The summed E-state index contributed by atoms with van der Waals surface area (Å²) in [6, 6.07) is 9.30. The third-order valence-electron chi connectivity index (χ3n) is 3.25. The molecule has 7 heteroatoms. The summed E-state index contributed by atoms with van der Waals surface area (Å²) < 4.78 is 35.6. The van der Waals surface area contributed by atoms with E-state index in [4.69, 9.17) is 4.74 Å². The molecule has 5 nitrogen and oxygen atoms in total. The Morgan fingerprint density at radius 2 is 1.81 bits per heavy atom. The zero-order valence-corrected chi connectivity index (χ0v) is 15.0. The van der Waals surface area contributed by atoms with Gasteiger partial charge in [-0.05, 0) is 36.2 Å². The quantitative estimate of drug-likeness (QED) is 0.768. The third kappa shape index (κ3) is 6.66. The van der Waals surface area contributed by atoms with Gasteiger partial charge in [-0.25, -0.2) is 0 Å². The Labute approximate surface area is 151 Å². The van der Waals surface area contributed by atoms with Crippen molar-refractivity contribution in [3.63, 3.8) is 0 Å². The fraction of sp³-hybridized carbons (Fsp3) is 0.368. The van der Waals surface area contributed by atoms with Crippen LogP contribution < -0.4 is 14.8 Å². The minimum atomic E-state index is -3.22. The first-order chi connectivity index (χ1) is 12.2. The lowest BCUT2D eigenvalue weighted by atomic mass is 10.2. The van der Waals surface area contributed by atoms with Crippen LogP contribution in [0.4, 0.5) is 8.78 Å². The van der Waals surface area contributed by atoms with Crippen LogP contribution in [0.25, 0.3) is 0 Å². The zero-order valence-electron chi connectivity index (χ0n) is 15.0. The Bertz CT molecular complexity index is 711. The first-order valence-electron chi connectivity index (χ1n) is 8.26. The molecule has 0 atom stereocenters. The second-order valence-electron chi connectivity index (χ2n) is 6.33. The summed E-state index contributed by atoms with van der Waals surface area (Å²) in [7, 11) is 0. The molecule has 0 fully saturated rings. The second kappa shape index (κ2) is 8.60. The average Bonchev–Trinajstić information content (AvgIpc) is 2.58. The molecule has 1 aromatic heterocycles. The molecule has 2 aromatic rings. The van der Waals surface area contributed by atoms with Gasteiger partial charge in [0.05, 0.1) is 0 Å². The van der Waals surface area contributed by atoms with Crippen LogP contribution in [0.5, 0.6) is 11.5 Å². The van der Waals surface area contributed by atoms with E-state index in [1.54, 1.807) is 30.5 Å². The molecule has 0 aliphatic heterocycles. The van der Waals surface area contributed by atoms with Crippen molar-refractivity contribution >= 4 is 5.91 Å². The smallest absolute Gasteiger partial charge is 0.394 e. The van der Waals surface area contributed by atoms with E-state index in [0.717, 1.165) is 5.56 Å². The maximum atomic E-state index is 12.8. The highest BCUT2D eigenvalue weighted by atomic mass is 19.3. The van der Waals surface area contributed by atoms with Crippen molar-refractivity contribution in [3.8, 4) is 11.5 Å². The molecule has 0 radical (unpaired) electrons. The van der Waals surface area contributed by atoms with E-state index in [1.807, 2.05) is 13.8 Å². The van der Waals surface area contributed by atoms with E-state index in [0.29, 0.717) is 30.8 Å². The van der Waals surface area contributed by atoms with Gasteiger partial charge < -0.3 is 14.8 Å². The number of benzene rings is 1. The minimum Gasteiger partial charge on any atom is -0.489 e. The minimum absolute atomic E-state index is 0.0586. The van der Waals surface area contributed by atoms with Gasteiger partial charge in [-0.15, -0.1) is 0 Å². The van der Waals surface area contributed by atoms with Crippen molar-refractivity contribution < 1.29 is 23.0 Å². The van der Waals surface area contributed by atoms with Crippen molar-refractivity contribution in [2.45, 2.75) is 33.5 Å². The van der Waals surface area contributed by atoms with Gasteiger partial charge in [0.2, 0.25) is 0 Å². The molecule has 1 heterocycles. The first-order valence-corrected chi connectivity index (χ1v) is 8.26. The molecule has 0 unspecified atom stereocenters. The van der Waals surface area contributed by atoms with E-state index < -0.39 is 6.11 Å². The summed E-state index contributed by atoms with van der Waals surface area (Å²) >= 11 is 0. The Balaban J connectivity index is 1.86. The van der Waals surface area contributed by atoms with Crippen molar-refractivity contribution in [1.29, 1.82) is 0 Å². The summed E-state index contributed by atoms with van der Waals surface area (Å²) in [4.78, 5) is 16.0. The molecule has 0 bridgehead atoms. The Hall–Kier alpha value is -2.70. The number of nitrogens with one attached hydrogen (secondary N) is 1. The van der Waals surface area contributed by atoms with Crippen LogP contribution in [0.1, 0.15) is 36.8 Å². The van der Waals surface area contributed by atoms with E-state index >= 15 is 0 Å². The normalized spacial score (nSPS) is 11.3.